The lowest BCUT2D eigenvalue weighted by molar-refractivity contribution is -0.148. The maximum absolute atomic E-state index is 12.0. The highest BCUT2D eigenvalue weighted by molar-refractivity contribution is 5.80. The third kappa shape index (κ3) is 3.82. The first-order valence-corrected chi connectivity index (χ1v) is 7.39. The number of carbonyl (C=O) groups excluding carboxylic acids is 1. The van der Waals surface area contributed by atoms with Gasteiger partial charge in [-0.25, -0.2) is 4.98 Å². The zero-order valence-electron chi connectivity index (χ0n) is 12.7. The van der Waals surface area contributed by atoms with Gasteiger partial charge in [0.25, 0.3) is 0 Å². The smallest absolute Gasteiger partial charge is 0.325 e. The Labute approximate surface area is 120 Å². The summed E-state index contributed by atoms with van der Waals surface area (Å²) in [5, 5.41) is 3.43. The summed E-state index contributed by atoms with van der Waals surface area (Å²) in [5.74, 6) is 0.889. The lowest BCUT2D eigenvalue weighted by atomic mass is 9.94. The molecule has 1 atom stereocenters. The van der Waals surface area contributed by atoms with Crippen molar-refractivity contribution in [3.05, 3.63) is 18.2 Å². The summed E-state index contributed by atoms with van der Waals surface area (Å²) in [6.07, 6.45) is 8.99. The second kappa shape index (κ2) is 6.39. The third-order valence-corrected chi connectivity index (χ3v) is 3.99. The van der Waals surface area contributed by atoms with Gasteiger partial charge in [0.2, 0.25) is 0 Å². The molecular formula is C15H25N3O2. The van der Waals surface area contributed by atoms with Gasteiger partial charge in [0.05, 0.1) is 7.11 Å². The molecule has 0 bridgehead atoms. The normalized spacial score (nSPS) is 17.8. The monoisotopic (exact) mass is 279 g/mol. The molecule has 0 saturated heterocycles. The molecule has 1 aromatic heterocycles. The second-order valence-electron chi connectivity index (χ2n) is 5.87. The molecule has 2 rings (SSSR count). The summed E-state index contributed by atoms with van der Waals surface area (Å²) in [6, 6.07) is 0.495. The number of nitrogens with zero attached hydrogens (tertiary/aromatic N) is 2. The Morgan fingerprint density at radius 3 is 2.85 bits per heavy atom. The van der Waals surface area contributed by atoms with Crippen molar-refractivity contribution in [1.29, 1.82) is 0 Å². The van der Waals surface area contributed by atoms with E-state index in [4.69, 9.17) is 4.74 Å². The van der Waals surface area contributed by atoms with Crippen LogP contribution in [0.3, 0.4) is 0 Å². The summed E-state index contributed by atoms with van der Waals surface area (Å²) in [4.78, 5) is 16.2. The van der Waals surface area contributed by atoms with Crippen molar-refractivity contribution >= 4 is 5.97 Å². The van der Waals surface area contributed by atoms with Gasteiger partial charge < -0.3 is 9.30 Å². The van der Waals surface area contributed by atoms with Crippen molar-refractivity contribution in [2.45, 2.75) is 64.1 Å². The molecule has 1 aliphatic rings. The maximum Gasteiger partial charge on any atom is 0.325 e. The Balaban J connectivity index is 1.79. The van der Waals surface area contributed by atoms with E-state index >= 15 is 0 Å². The molecule has 1 aliphatic carbocycles. The van der Waals surface area contributed by atoms with E-state index in [2.05, 4.69) is 14.9 Å². The van der Waals surface area contributed by atoms with Crippen molar-refractivity contribution in [3.8, 4) is 0 Å². The second-order valence-corrected chi connectivity index (χ2v) is 5.87. The van der Waals surface area contributed by atoms with Crippen molar-refractivity contribution in [2.75, 3.05) is 7.11 Å². The Bertz CT molecular complexity index is 454. The third-order valence-electron chi connectivity index (χ3n) is 3.99. The SMILES string of the molecule is COC(=O)C(C)(CCCCn1ccnc1C)NC1CC1. The summed E-state index contributed by atoms with van der Waals surface area (Å²) in [7, 11) is 1.46. The van der Waals surface area contributed by atoms with Gasteiger partial charge in [0, 0.05) is 25.0 Å². The minimum Gasteiger partial charge on any atom is -0.468 e. The number of hydrogen-bond donors (Lipinski definition) is 1. The summed E-state index contributed by atoms with van der Waals surface area (Å²) in [6.45, 7) is 4.92. The molecule has 0 amide bonds. The number of esters is 1. The predicted octanol–water partition coefficient (Wildman–Crippen LogP) is 2.05. The van der Waals surface area contributed by atoms with Crippen LogP contribution in [0.5, 0.6) is 0 Å². The molecule has 1 heterocycles. The molecule has 0 aliphatic heterocycles. The molecule has 1 N–H and O–H groups in total. The lowest BCUT2D eigenvalue weighted by Crippen LogP contribution is -2.51. The molecule has 1 saturated carbocycles. The highest BCUT2D eigenvalue weighted by Gasteiger charge is 2.38. The molecule has 0 radical (unpaired) electrons. The molecular weight excluding hydrogens is 254 g/mol. The number of unbranched alkanes of at least 4 members (excludes halogenated alkanes) is 1. The van der Waals surface area contributed by atoms with Gasteiger partial charge in [-0.2, -0.15) is 0 Å². The molecule has 1 unspecified atom stereocenters. The van der Waals surface area contributed by atoms with Crippen molar-refractivity contribution < 1.29 is 9.53 Å². The highest BCUT2D eigenvalue weighted by atomic mass is 16.5. The van der Waals surface area contributed by atoms with E-state index in [0.29, 0.717) is 6.04 Å². The predicted molar refractivity (Wildman–Crippen MR) is 77.4 cm³/mol. The van der Waals surface area contributed by atoms with E-state index in [1.54, 1.807) is 0 Å². The van der Waals surface area contributed by atoms with Crippen LogP contribution in [0.1, 0.15) is 44.9 Å². The van der Waals surface area contributed by atoms with Crippen LogP contribution in [-0.4, -0.2) is 34.2 Å². The van der Waals surface area contributed by atoms with E-state index < -0.39 is 5.54 Å². The van der Waals surface area contributed by atoms with Gasteiger partial charge in [-0.3, -0.25) is 10.1 Å². The molecule has 0 spiro atoms. The number of carbonyl (C=O) groups is 1. The van der Waals surface area contributed by atoms with Gasteiger partial charge in [-0.05, 0) is 46.0 Å². The van der Waals surface area contributed by atoms with E-state index in [9.17, 15) is 4.79 Å². The molecule has 0 aromatic carbocycles. The van der Waals surface area contributed by atoms with Gasteiger partial charge >= 0.3 is 5.97 Å². The van der Waals surface area contributed by atoms with Crippen LogP contribution in [0.2, 0.25) is 0 Å². The molecule has 5 heteroatoms. The van der Waals surface area contributed by atoms with Crippen LogP contribution < -0.4 is 5.32 Å². The summed E-state index contributed by atoms with van der Waals surface area (Å²) >= 11 is 0. The molecule has 1 fully saturated rings. The average molecular weight is 279 g/mol. The Morgan fingerprint density at radius 2 is 2.30 bits per heavy atom. The number of rotatable bonds is 8. The fraction of sp³-hybridized carbons (Fsp3) is 0.733. The zero-order valence-corrected chi connectivity index (χ0v) is 12.7. The van der Waals surface area contributed by atoms with Crippen LogP contribution in [0, 0.1) is 6.92 Å². The van der Waals surface area contributed by atoms with E-state index in [-0.39, 0.29) is 5.97 Å². The van der Waals surface area contributed by atoms with E-state index in [0.717, 1.165) is 31.6 Å². The van der Waals surface area contributed by atoms with E-state index in [1.807, 2.05) is 26.2 Å². The van der Waals surface area contributed by atoms with Crippen LogP contribution in [0.25, 0.3) is 0 Å². The number of aryl methyl sites for hydroxylation is 2. The number of methoxy groups -OCH3 is 1. The number of hydrogen-bond acceptors (Lipinski definition) is 4. The fourth-order valence-corrected chi connectivity index (χ4v) is 2.54. The Morgan fingerprint density at radius 1 is 1.55 bits per heavy atom. The first kappa shape index (κ1) is 15.0. The van der Waals surface area contributed by atoms with Crippen LogP contribution in [0.15, 0.2) is 12.4 Å². The summed E-state index contributed by atoms with van der Waals surface area (Å²) < 4.78 is 7.09. The zero-order chi connectivity index (χ0) is 14.6. The fourth-order valence-electron chi connectivity index (χ4n) is 2.54. The van der Waals surface area contributed by atoms with Crippen molar-refractivity contribution in [2.24, 2.45) is 0 Å². The number of imidazole rings is 1. The van der Waals surface area contributed by atoms with Gasteiger partial charge in [0.1, 0.15) is 11.4 Å². The standard InChI is InChI=1S/C15H25N3O2/c1-12-16-9-11-18(12)10-5-4-8-15(2,14(19)20-3)17-13-6-7-13/h9,11,13,17H,4-8,10H2,1-3H3. The van der Waals surface area contributed by atoms with Crippen LogP contribution in [-0.2, 0) is 16.1 Å². The molecule has 1 aromatic rings. The highest BCUT2D eigenvalue weighted by Crippen LogP contribution is 2.26. The Kier molecular flexibility index (Phi) is 4.81. The number of nitrogens with one attached hydrogen (secondary N) is 1. The van der Waals surface area contributed by atoms with Crippen molar-refractivity contribution in [3.63, 3.8) is 0 Å². The summed E-state index contributed by atoms with van der Waals surface area (Å²) in [5.41, 5.74) is -0.542. The van der Waals surface area contributed by atoms with E-state index in [1.165, 1.54) is 20.0 Å². The largest absolute Gasteiger partial charge is 0.468 e. The quantitative estimate of drug-likeness (QED) is 0.584. The number of ether oxygens (including phenoxy) is 1. The molecule has 5 nitrogen and oxygen atoms in total. The van der Waals surface area contributed by atoms with Gasteiger partial charge in [0.15, 0.2) is 0 Å². The van der Waals surface area contributed by atoms with Crippen LogP contribution >= 0.6 is 0 Å². The topological polar surface area (TPSA) is 56.2 Å². The van der Waals surface area contributed by atoms with Crippen molar-refractivity contribution in [1.82, 2.24) is 14.9 Å². The average Bonchev–Trinajstić information content (AvgIpc) is 3.14. The van der Waals surface area contributed by atoms with Gasteiger partial charge in [-0.15, -0.1) is 0 Å². The molecule has 112 valence electrons. The Hall–Kier alpha value is -1.36. The minimum absolute atomic E-state index is 0.150. The molecule has 20 heavy (non-hydrogen) atoms. The van der Waals surface area contributed by atoms with Gasteiger partial charge in [-0.1, -0.05) is 0 Å². The van der Waals surface area contributed by atoms with Crippen LogP contribution in [0.4, 0.5) is 0 Å². The maximum atomic E-state index is 12.0. The minimum atomic E-state index is -0.542. The lowest BCUT2D eigenvalue weighted by Gasteiger charge is -2.28. The first-order valence-electron chi connectivity index (χ1n) is 7.39. The number of aromatic nitrogens is 2. The first-order chi connectivity index (χ1) is 9.55.